The van der Waals surface area contributed by atoms with E-state index in [2.05, 4.69) is 5.32 Å². The highest BCUT2D eigenvalue weighted by Gasteiger charge is 2.13. The maximum Gasteiger partial charge on any atom is 0.262 e. The van der Waals surface area contributed by atoms with Crippen LogP contribution in [0.3, 0.4) is 0 Å². The Morgan fingerprint density at radius 2 is 1.38 bits per heavy atom. The third kappa shape index (κ3) is 5.45. The molecule has 3 rings (SSSR count). The minimum atomic E-state index is -0.232. The zero-order valence-corrected chi connectivity index (χ0v) is 16.8. The number of aryl methyl sites for hydroxylation is 2. The standard InChI is InChI=1S/C24H24N2O3/c1-17-4-8-19(9-5-17)24(28)26(3)21-12-14-22(15-13-21)29-16-23(27)25-20-10-6-18(2)7-11-20/h4-15H,16H2,1-3H3,(H,25,27). The Kier molecular flexibility index (Phi) is 6.29. The summed E-state index contributed by atoms with van der Waals surface area (Å²) in [6.07, 6.45) is 0. The van der Waals surface area contributed by atoms with Gasteiger partial charge in [0.2, 0.25) is 0 Å². The van der Waals surface area contributed by atoms with Crippen molar-refractivity contribution in [1.29, 1.82) is 0 Å². The van der Waals surface area contributed by atoms with Gasteiger partial charge >= 0.3 is 0 Å². The Hall–Kier alpha value is -3.60. The molecule has 5 nitrogen and oxygen atoms in total. The van der Waals surface area contributed by atoms with Crippen molar-refractivity contribution in [3.05, 3.63) is 89.5 Å². The molecule has 0 saturated heterocycles. The molecule has 0 aliphatic rings. The van der Waals surface area contributed by atoms with Gasteiger partial charge in [0.05, 0.1) is 0 Å². The van der Waals surface area contributed by atoms with Crippen LogP contribution in [0.2, 0.25) is 0 Å². The maximum atomic E-state index is 12.6. The highest BCUT2D eigenvalue weighted by Crippen LogP contribution is 2.20. The first-order valence-corrected chi connectivity index (χ1v) is 9.36. The molecule has 148 valence electrons. The number of nitrogens with zero attached hydrogens (tertiary/aromatic N) is 1. The first kappa shape index (κ1) is 20.1. The molecule has 0 radical (unpaired) electrons. The monoisotopic (exact) mass is 388 g/mol. The molecular weight excluding hydrogens is 364 g/mol. The molecule has 3 aromatic rings. The van der Waals surface area contributed by atoms with Gasteiger partial charge in [0.15, 0.2) is 6.61 Å². The van der Waals surface area contributed by atoms with E-state index in [0.717, 1.165) is 22.5 Å². The number of rotatable bonds is 6. The van der Waals surface area contributed by atoms with Gasteiger partial charge < -0.3 is 15.0 Å². The number of ether oxygens (including phenoxy) is 1. The van der Waals surface area contributed by atoms with Gasteiger partial charge in [-0.3, -0.25) is 9.59 Å². The number of nitrogens with one attached hydrogen (secondary N) is 1. The normalized spacial score (nSPS) is 10.3. The van der Waals surface area contributed by atoms with Crippen LogP contribution >= 0.6 is 0 Å². The van der Waals surface area contributed by atoms with E-state index in [4.69, 9.17) is 4.74 Å². The van der Waals surface area contributed by atoms with Gasteiger partial charge in [0.1, 0.15) is 5.75 Å². The van der Waals surface area contributed by atoms with E-state index in [1.807, 2.05) is 62.4 Å². The lowest BCUT2D eigenvalue weighted by molar-refractivity contribution is -0.118. The number of anilines is 2. The average molecular weight is 388 g/mol. The Morgan fingerprint density at radius 3 is 1.97 bits per heavy atom. The van der Waals surface area contributed by atoms with Crippen molar-refractivity contribution in [3.63, 3.8) is 0 Å². The predicted molar refractivity (Wildman–Crippen MR) is 116 cm³/mol. The van der Waals surface area contributed by atoms with Crippen LogP contribution in [0.25, 0.3) is 0 Å². The van der Waals surface area contributed by atoms with Crippen LogP contribution in [0.15, 0.2) is 72.8 Å². The third-order valence-corrected chi connectivity index (χ3v) is 4.53. The van der Waals surface area contributed by atoms with Gasteiger partial charge in [-0.05, 0) is 62.4 Å². The van der Waals surface area contributed by atoms with E-state index in [9.17, 15) is 9.59 Å². The first-order valence-electron chi connectivity index (χ1n) is 9.36. The summed E-state index contributed by atoms with van der Waals surface area (Å²) in [6.45, 7) is 3.88. The smallest absolute Gasteiger partial charge is 0.262 e. The zero-order chi connectivity index (χ0) is 20.8. The molecule has 0 aromatic heterocycles. The van der Waals surface area contributed by atoms with Crippen molar-refractivity contribution in [2.45, 2.75) is 13.8 Å². The fourth-order valence-corrected chi connectivity index (χ4v) is 2.76. The van der Waals surface area contributed by atoms with Crippen LogP contribution < -0.4 is 15.0 Å². The van der Waals surface area contributed by atoms with Gasteiger partial charge in [0, 0.05) is 24.0 Å². The summed E-state index contributed by atoms with van der Waals surface area (Å²) in [6, 6.07) is 22.1. The van der Waals surface area contributed by atoms with Crippen molar-refractivity contribution < 1.29 is 14.3 Å². The van der Waals surface area contributed by atoms with Gasteiger partial charge in [-0.15, -0.1) is 0 Å². The van der Waals surface area contributed by atoms with Gasteiger partial charge in [-0.1, -0.05) is 35.4 Å². The number of benzene rings is 3. The highest BCUT2D eigenvalue weighted by molar-refractivity contribution is 6.05. The van der Waals surface area contributed by atoms with E-state index in [0.29, 0.717) is 11.3 Å². The van der Waals surface area contributed by atoms with Crippen molar-refractivity contribution in [1.82, 2.24) is 0 Å². The molecule has 5 heteroatoms. The van der Waals surface area contributed by atoms with Gasteiger partial charge in [-0.2, -0.15) is 0 Å². The summed E-state index contributed by atoms with van der Waals surface area (Å²) in [5.74, 6) is 0.240. The van der Waals surface area contributed by atoms with E-state index < -0.39 is 0 Å². The molecule has 2 amide bonds. The van der Waals surface area contributed by atoms with Crippen molar-refractivity contribution in [2.75, 3.05) is 23.9 Å². The lowest BCUT2D eigenvalue weighted by Gasteiger charge is -2.18. The molecule has 3 aromatic carbocycles. The minimum absolute atomic E-state index is 0.0869. The molecule has 0 spiro atoms. The van der Waals surface area contributed by atoms with Crippen LogP contribution in [0.4, 0.5) is 11.4 Å². The molecule has 1 N–H and O–H groups in total. The molecule has 0 aliphatic carbocycles. The lowest BCUT2D eigenvalue weighted by atomic mass is 10.1. The Bertz CT molecular complexity index is 978. The molecule has 0 saturated carbocycles. The van der Waals surface area contributed by atoms with Crippen LogP contribution in [0, 0.1) is 13.8 Å². The quantitative estimate of drug-likeness (QED) is 0.671. The van der Waals surface area contributed by atoms with Gasteiger partial charge in [0.25, 0.3) is 11.8 Å². The largest absolute Gasteiger partial charge is 0.484 e. The first-order chi connectivity index (χ1) is 13.9. The zero-order valence-electron chi connectivity index (χ0n) is 16.8. The molecule has 29 heavy (non-hydrogen) atoms. The molecule has 0 fully saturated rings. The SMILES string of the molecule is Cc1ccc(NC(=O)COc2ccc(N(C)C(=O)c3ccc(C)cc3)cc2)cc1. The van der Waals surface area contributed by atoms with E-state index in [-0.39, 0.29) is 18.4 Å². The molecule has 0 aliphatic heterocycles. The summed E-state index contributed by atoms with van der Waals surface area (Å²) in [4.78, 5) is 26.2. The van der Waals surface area contributed by atoms with Crippen molar-refractivity contribution in [2.24, 2.45) is 0 Å². The number of hydrogen-bond acceptors (Lipinski definition) is 3. The highest BCUT2D eigenvalue weighted by atomic mass is 16.5. The Balaban J connectivity index is 1.55. The van der Waals surface area contributed by atoms with Gasteiger partial charge in [-0.25, -0.2) is 0 Å². The van der Waals surface area contributed by atoms with E-state index in [1.54, 1.807) is 36.2 Å². The molecular formula is C24H24N2O3. The van der Waals surface area contributed by atoms with E-state index >= 15 is 0 Å². The second-order valence-corrected chi connectivity index (χ2v) is 6.93. The Labute approximate surface area is 170 Å². The summed E-state index contributed by atoms with van der Waals surface area (Å²) < 4.78 is 5.54. The topological polar surface area (TPSA) is 58.6 Å². The summed E-state index contributed by atoms with van der Waals surface area (Å²) in [5.41, 5.74) is 4.34. The average Bonchev–Trinajstić information content (AvgIpc) is 2.74. The van der Waals surface area contributed by atoms with Crippen LogP contribution in [-0.4, -0.2) is 25.5 Å². The second-order valence-electron chi connectivity index (χ2n) is 6.93. The number of carbonyl (C=O) groups is 2. The number of hydrogen-bond donors (Lipinski definition) is 1. The summed E-state index contributed by atoms with van der Waals surface area (Å²) >= 11 is 0. The maximum absolute atomic E-state index is 12.6. The second kappa shape index (κ2) is 9.06. The number of amides is 2. The summed E-state index contributed by atoms with van der Waals surface area (Å²) in [5, 5.41) is 2.79. The van der Waals surface area contributed by atoms with Crippen LogP contribution in [0.5, 0.6) is 5.75 Å². The molecule has 0 atom stereocenters. The fraction of sp³-hybridized carbons (Fsp3) is 0.167. The van der Waals surface area contributed by atoms with Crippen LogP contribution in [0.1, 0.15) is 21.5 Å². The fourth-order valence-electron chi connectivity index (χ4n) is 2.76. The third-order valence-electron chi connectivity index (χ3n) is 4.53. The Morgan fingerprint density at radius 1 is 0.828 bits per heavy atom. The van der Waals surface area contributed by atoms with Crippen molar-refractivity contribution in [3.8, 4) is 5.75 Å². The van der Waals surface area contributed by atoms with E-state index in [1.165, 1.54) is 0 Å². The number of carbonyl (C=O) groups excluding carboxylic acids is 2. The summed E-state index contributed by atoms with van der Waals surface area (Å²) in [7, 11) is 1.73. The molecule has 0 bridgehead atoms. The molecule has 0 unspecified atom stereocenters. The van der Waals surface area contributed by atoms with Crippen LogP contribution in [-0.2, 0) is 4.79 Å². The predicted octanol–water partition coefficient (Wildman–Crippen LogP) is 4.60. The minimum Gasteiger partial charge on any atom is -0.484 e. The molecule has 0 heterocycles. The lowest BCUT2D eigenvalue weighted by Crippen LogP contribution is -2.26. The van der Waals surface area contributed by atoms with Crippen molar-refractivity contribution >= 4 is 23.2 Å².